The first kappa shape index (κ1) is 13.2. The lowest BCUT2D eigenvalue weighted by Crippen LogP contribution is -2.14. The first-order valence-corrected chi connectivity index (χ1v) is 5.07. The normalized spacial score (nSPS) is 13.5. The van der Waals surface area contributed by atoms with Crippen LogP contribution < -0.4 is 0 Å². The van der Waals surface area contributed by atoms with E-state index >= 15 is 0 Å². The molecule has 0 heterocycles. The van der Waals surface area contributed by atoms with E-state index in [1.165, 1.54) is 13.0 Å². The molecule has 0 rings (SSSR count). The summed E-state index contributed by atoms with van der Waals surface area (Å²) in [5, 5.41) is 8.50. The molecule has 14 heavy (non-hydrogen) atoms. The maximum absolute atomic E-state index is 10.9. The van der Waals surface area contributed by atoms with Gasteiger partial charge in [-0.15, -0.1) is 0 Å². The number of rotatable bonds is 5. The van der Waals surface area contributed by atoms with Crippen LogP contribution in [-0.2, 0) is 14.3 Å². The molecule has 0 amide bonds. The summed E-state index contributed by atoms with van der Waals surface area (Å²) in [6.45, 7) is 3.37. The van der Waals surface area contributed by atoms with Crippen LogP contribution in [0.4, 0.5) is 0 Å². The fourth-order valence-corrected chi connectivity index (χ4v) is 0.769. The molecule has 5 heteroatoms. The predicted molar refractivity (Wildman–Crippen MR) is 55.4 cm³/mol. The average molecular weight is 265 g/mol. The quantitative estimate of drug-likeness (QED) is 0.356. The molecule has 0 aromatic heterocycles. The Balaban J connectivity index is 3.71. The minimum atomic E-state index is -0.954. The van der Waals surface area contributed by atoms with Crippen LogP contribution in [0.15, 0.2) is 11.6 Å². The van der Waals surface area contributed by atoms with Crippen LogP contribution in [-0.4, -0.2) is 28.5 Å². The van der Waals surface area contributed by atoms with Crippen molar-refractivity contribution in [2.75, 3.05) is 6.61 Å². The summed E-state index contributed by atoms with van der Waals surface area (Å²) < 4.78 is 4.81. The summed E-state index contributed by atoms with van der Waals surface area (Å²) in [5.41, 5.74) is 0.257. The number of hydrogen-bond donors (Lipinski definition) is 1. The molecule has 1 atom stereocenters. The fourth-order valence-electron chi connectivity index (χ4n) is 0.637. The van der Waals surface area contributed by atoms with Crippen molar-refractivity contribution in [2.45, 2.75) is 25.1 Å². The lowest BCUT2D eigenvalue weighted by atomic mass is 10.2. The van der Waals surface area contributed by atoms with Crippen molar-refractivity contribution in [3.8, 4) is 0 Å². The smallest absolute Gasteiger partial charge is 0.330 e. The second kappa shape index (κ2) is 6.59. The Hall–Kier alpha value is -0.840. The Morgan fingerprint density at radius 2 is 2.14 bits per heavy atom. The van der Waals surface area contributed by atoms with Gasteiger partial charge in [-0.05, 0) is 13.8 Å². The monoisotopic (exact) mass is 264 g/mol. The number of esters is 1. The van der Waals surface area contributed by atoms with Gasteiger partial charge in [0.1, 0.15) is 4.83 Å². The molecule has 0 spiro atoms. The number of halogens is 1. The summed E-state index contributed by atoms with van der Waals surface area (Å²) >= 11 is 3.06. The van der Waals surface area contributed by atoms with Gasteiger partial charge in [-0.3, -0.25) is 4.79 Å². The van der Waals surface area contributed by atoms with E-state index in [1.807, 2.05) is 0 Å². The molecule has 4 nitrogen and oxygen atoms in total. The molecule has 0 saturated heterocycles. The van der Waals surface area contributed by atoms with Gasteiger partial charge in [-0.1, -0.05) is 22.0 Å². The molecule has 0 aromatic carbocycles. The first-order valence-electron chi connectivity index (χ1n) is 4.16. The Bertz CT molecular complexity index is 245. The summed E-state index contributed by atoms with van der Waals surface area (Å²) in [6.07, 6.45) is 1.94. The highest BCUT2D eigenvalue weighted by Crippen LogP contribution is 2.01. The minimum absolute atomic E-state index is 0.208. The molecule has 0 saturated carbocycles. The maximum Gasteiger partial charge on any atom is 0.330 e. The van der Waals surface area contributed by atoms with Crippen molar-refractivity contribution in [3.05, 3.63) is 11.6 Å². The van der Waals surface area contributed by atoms with Crippen molar-refractivity contribution in [2.24, 2.45) is 0 Å². The highest BCUT2D eigenvalue weighted by molar-refractivity contribution is 9.10. The number of carboxylic acid groups (broad SMARTS) is 1. The maximum atomic E-state index is 10.9. The number of hydrogen-bond acceptors (Lipinski definition) is 3. The van der Waals surface area contributed by atoms with E-state index in [2.05, 4.69) is 15.9 Å². The Kier molecular flexibility index (Phi) is 6.19. The molecular weight excluding hydrogens is 252 g/mol. The second-order valence-corrected chi connectivity index (χ2v) is 4.14. The van der Waals surface area contributed by atoms with Crippen molar-refractivity contribution in [3.63, 3.8) is 0 Å². The van der Waals surface area contributed by atoms with Crippen molar-refractivity contribution in [1.82, 2.24) is 0 Å². The van der Waals surface area contributed by atoms with Gasteiger partial charge in [0, 0.05) is 12.0 Å². The third kappa shape index (κ3) is 5.75. The average Bonchev–Trinajstić information content (AvgIpc) is 2.11. The molecule has 1 N–H and O–H groups in total. The topological polar surface area (TPSA) is 63.6 Å². The standard InChI is InChI=1S/C9H13BrO4/c1-6(8(11)12)4-3-5-14-9(13)7(2)10/h4,7H,3,5H2,1-2H3,(H,11,12). The van der Waals surface area contributed by atoms with Gasteiger partial charge in [-0.2, -0.15) is 0 Å². The van der Waals surface area contributed by atoms with Gasteiger partial charge in [0.25, 0.3) is 0 Å². The third-order valence-corrected chi connectivity index (χ3v) is 1.85. The number of ether oxygens (including phenoxy) is 1. The Morgan fingerprint density at radius 3 is 2.57 bits per heavy atom. The summed E-state index contributed by atoms with van der Waals surface area (Å²) in [5.74, 6) is -1.29. The fraction of sp³-hybridized carbons (Fsp3) is 0.556. The third-order valence-electron chi connectivity index (χ3n) is 1.47. The molecule has 80 valence electrons. The highest BCUT2D eigenvalue weighted by atomic mass is 79.9. The van der Waals surface area contributed by atoms with E-state index in [0.29, 0.717) is 6.42 Å². The van der Waals surface area contributed by atoms with E-state index in [-0.39, 0.29) is 23.0 Å². The van der Waals surface area contributed by atoms with E-state index in [1.54, 1.807) is 6.92 Å². The van der Waals surface area contributed by atoms with Crippen LogP contribution in [0.1, 0.15) is 20.3 Å². The Labute approximate surface area is 91.1 Å². The molecule has 1 unspecified atom stereocenters. The molecule has 0 aliphatic heterocycles. The van der Waals surface area contributed by atoms with Gasteiger partial charge < -0.3 is 9.84 Å². The number of alkyl halides is 1. The van der Waals surface area contributed by atoms with Gasteiger partial charge in [0.15, 0.2) is 0 Å². The van der Waals surface area contributed by atoms with Crippen LogP contribution in [0.5, 0.6) is 0 Å². The van der Waals surface area contributed by atoms with Gasteiger partial charge in [0.2, 0.25) is 0 Å². The lowest BCUT2D eigenvalue weighted by Gasteiger charge is -2.03. The SMILES string of the molecule is CC(=CCCOC(=O)C(C)Br)C(=O)O. The van der Waals surface area contributed by atoms with Gasteiger partial charge in [-0.25, -0.2) is 4.79 Å². The zero-order chi connectivity index (χ0) is 11.1. The van der Waals surface area contributed by atoms with Gasteiger partial charge >= 0.3 is 11.9 Å². The van der Waals surface area contributed by atoms with Crippen molar-refractivity contribution in [1.29, 1.82) is 0 Å². The summed E-state index contributed by atoms with van der Waals surface area (Å²) in [7, 11) is 0. The molecule has 0 bridgehead atoms. The minimum Gasteiger partial charge on any atom is -0.478 e. The lowest BCUT2D eigenvalue weighted by molar-refractivity contribution is -0.142. The number of carbonyl (C=O) groups is 2. The molecule has 0 aromatic rings. The molecule has 0 fully saturated rings. The predicted octanol–water partition coefficient (Wildman–Crippen LogP) is 1.73. The molecule has 0 aliphatic rings. The largest absolute Gasteiger partial charge is 0.478 e. The van der Waals surface area contributed by atoms with E-state index < -0.39 is 5.97 Å². The Morgan fingerprint density at radius 1 is 1.57 bits per heavy atom. The first-order chi connectivity index (χ1) is 6.45. The van der Waals surface area contributed by atoms with Crippen LogP contribution in [0, 0.1) is 0 Å². The molecular formula is C9H13BrO4. The van der Waals surface area contributed by atoms with Crippen LogP contribution in [0.2, 0.25) is 0 Å². The van der Waals surface area contributed by atoms with Crippen molar-refractivity contribution < 1.29 is 19.4 Å². The van der Waals surface area contributed by atoms with Crippen molar-refractivity contribution >= 4 is 27.9 Å². The van der Waals surface area contributed by atoms with E-state index in [0.717, 1.165) is 0 Å². The van der Waals surface area contributed by atoms with Crippen LogP contribution >= 0.6 is 15.9 Å². The van der Waals surface area contributed by atoms with E-state index in [4.69, 9.17) is 9.84 Å². The zero-order valence-electron chi connectivity index (χ0n) is 8.12. The van der Waals surface area contributed by atoms with Gasteiger partial charge in [0.05, 0.1) is 6.61 Å². The highest BCUT2D eigenvalue weighted by Gasteiger charge is 2.08. The van der Waals surface area contributed by atoms with Crippen LogP contribution in [0.3, 0.4) is 0 Å². The summed E-state index contributed by atoms with van der Waals surface area (Å²) in [6, 6.07) is 0. The number of carbonyl (C=O) groups excluding carboxylic acids is 1. The van der Waals surface area contributed by atoms with E-state index in [9.17, 15) is 9.59 Å². The second-order valence-electron chi connectivity index (χ2n) is 2.76. The molecule has 0 radical (unpaired) electrons. The number of aliphatic carboxylic acids is 1. The molecule has 0 aliphatic carbocycles. The number of carboxylic acids is 1. The van der Waals surface area contributed by atoms with Crippen LogP contribution in [0.25, 0.3) is 0 Å². The summed E-state index contributed by atoms with van der Waals surface area (Å²) in [4.78, 5) is 20.9. The zero-order valence-corrected chi connectivity index (χ0v) is 9.70.